The zero-order chi connectivity index (χ0) is 14.6. The Morgan fingerprint density at radius 3 is 2.15 bits per heavy atom. The normalized spacial score (nSPS) is 11.7. The maximum Gasteiger partial charge on any atom is 0.199 e. The van der Waals surface area contributed by atoms with Gasteiger partial charge in [0.05, 0.1) is 4.90 Å². The van der Waals surface area contributed by atoms with Gasteiger partial charge >= 0.3 is 0 Å². The van der Waals surface area contributed by atoms with Crippen molar-refractivity contribution in [3.8, 4) is 0 Å². The molecule has 0 heterocycles. The largest absolute Gasteiger partial charge is 0.289 e. The number of carbonyl (C=O) groups is 1. The molecule has 2 rings (SSSR count). The summed E-state index contributed by atoms with van der Waals surface area (Å²) in [5.41, 5.74) is 0.401. The van der Waals surface area contributed by atoms with E-state index in [1.165, 1.54) is 0 Å². The number of benzene rings is 2. The summed E-state index contributed by atoms with van der Waals surface area (Å²) >= 11 is 0. The summed E-state index contributed by atoms with van der Waals surface area (Å²) < 4.78 is 36.6. The fraction of sp³-hybridized carbons (Fsp3) is 0. The molecule has 0 saturated carbocycles. The van der Waals surface area contributed by atoms with Crippen LogP contribution < -0.4 is 0 Å². The molecule has 2 aromatic carbocycles. The van der Waals surface area contributed by atoms with Gasteiger partial charge in [0, 0.05) is 11.0 Å². The third-order valence-electron chi connectivity index (χ3n) is 2.60. The first-order valence-corrected chi connectivity index (χ1v) is 7.32. The van der Waals surface area contributed by atoms with Crippen molar-refractivity contribution in [2.24, 2.45) is 0 Å². The van der Waals surface area contributed by atoms with Crippen molar-refractivity contribution in [3.63, 3.8) is 0 Å². The van der Waals surface area contributed by atoms with E-state index in [2.05, 4.69) is 0 Å². The highest BCUT2D eigenvalue weighted by atomic mass is 32.2. The van der Waals surface area contributed by atoms with Crippen LogP contribution in [-0.2, 0) is 9.84 Å². The van der Waals surface area contributed by atoms with Gasteiger partial charge < -0.3 is 0 Å². The van der Waals surface area contributed by atoms with Crippen molar-refractivity contribution in [3.05, 3.63) is 77.5 Å². The lowest BCUT2D eigenvalue weighted by atomic mass is 10.1. The SMILES string of the molecule is O=C(/C=C/S(=O)(=O)c1ccc(F)cc1)c1ccccc1. The maximum atomic E-state index is 12.7. The Bertz CT molecular complexity index is 732. The molecule has 0 unspecified atom stereocenters. The lowest BCUT2D eigenvalue weighted by Crippen LogP contribution is -1.99. The lowest BCUT2D eigenvalue weighted by Gasteiger charge is -1.98. The van der Waals surface area contributed by atoms with Crippen LogP contribution in [0.5, 0.6) is 0 Å². The monoisotopic (exact) mass is 290 g/mol. The Morgan fingerprint density at radius 1 is 0.950 bits per heavy atom. The Kier molecular flexibility index (Phi) is 4.10. The molecule has 102 valence electrons. The van der Waals surface area contributed by atoms with Crippen LogP contribution in [0.1, 0.15) is 10.4 Å². The minimum absolute atomic E-state index is 0.0592. The van der Waals surface area contributed by atoms with Gasteiger partial charge in [-0.15, -0.1) is 0 Å². The molecule has 20 heavy (non-hydrogen) atoms. The molecular formula is C15H11FO3S. The molecule has 0 radical (unpaired) electrons. The van der Waals surface area contributed by atoms with Gasteiger partial charge in [-0.3, -0.25) is 4.79 Å². The van der Waals surface area contributed by atoms with E-state index in [1.807, 2.05) is 0 Å². The van der Waals surface area contributed by atoms with Crippen LogP contribution >= 0.6 is 0 Å². The highest BCUT2D eigenvalue weighted by Gasteiger charge is 2.11. The van der Waals surface area contributed by atoms with E-state index >= 15 is 0 Å². The smallest absolute Gasteiger partial charge is 0.199 e. The number of hydrogen-bond acceptors (Lipinski definition) is 3. The van der Waals surface area contributed by atoms with Crippen molar-refractivity contribution >= 4 is 15.6 Å². The summed E-state index contributed by atoms with van der Waals surface area (Å²) in [6.45, 7) is 0. The molecule has 0 spiro atoms. The maximum absolute atomic E-state index is 12.7. The van der Waals surface area contributed by atoms with Crippen molar-refractivity contribution in [2.75, 3.05) is 0 Å². The Hall–Kier alpha value is -2.27. The first kappa shape index (κ1) is 14.1. The van der Waals surface area contributed by atoms with Crippen LogP contribution in [0.4, 0.5) is 4.39 Å². The van der Waals surface area contributed by atoms with Crippen molar-refractivity contribution in [1.29, 1.82) is 0 Å². The van der Waals surface area contributed by atoms with Crippen LogP contribution in [-0.4, -0.2) is 14.2 Å². The summed E-state index contributed by atoms with van der Waals surface area (Å²) in [5, 5.41) is 0.829. The van der Waals surface area contributed by atoms with Crippen LogP contribution in [0.2, 0.25) is 0 Å². The van der Waals surface area contributed by atoms with E-state index in [0.29, 0.717) is 5.56 Å². The van der Waals surface area contributed by atoms with E-state index in [9.17, 15) is 17.6 Å². The third-order valence-corrected chi connectivity index (χ3v) is 4.02. The van der Waals surface area contributed by atoms with Crippen molar-refractivity contribution in [2.45, 2.75) is 4.90 Å². The molecule has 5 heteroatoms. The summed E-state index contributed by atoms with van der Waals surface area (Å²) in [6.07, 6.45) is 0.994. The standard InChI is InChI=1S/C15H11FO3S/c16-13-6-8-14(9-7-13)20(18,19)11-10-15(17)12-4-2-1-3-5-12/h1-11H/b11-10+. The zero-order valence-electron chi connectivity index (χ0n) is 10.4. The van der Waals surface area contributed by atoms with E-state index in [4.69, 9.17) is 0 Å². The second kappa shape index (κ2) is 5.79. The lowest BCUT2D eigenvalue weighted by molar-refractivity contribution is 0.104. The molecule has 0 atom stereocenters. The van der Waals surface area contributed by atoms with Gasteiger partial charge in [-0.2, -0.15) is 0 Å². The predicted octanol–water partition coefficient (Wildman–Crippen LogP) is 3.00. The molecule has 0 bridgehead atoms. The average Bonchev–Trinajstić information content (AvgIpc) is 2.46. The predicted molar refractivity (Wildman–Crippen MR) is 73.5 cm³/mol. The van der Waals surface area contributed by atoms with Crippen LogP contribution in [0.15, 0.2) is 71.0 Å². The summed E-state index contributed by atoms with van der Waals surface area (Å²) in [5.74, 6) is -0.926. The fourth-order valence-electron chi connectivity index (χ4n) is 1.55. The number of rotatable bonds is 4. The minimum atomic E-state index is -3.75. The zero-order valence-corrected chi connectivity index (χ0v) is 11.2. The van der Waals surface area contributed by atoms with E-state index in [1.54, 1.807) is 30.3 Å². The average molecular weight is 290 g/mol. The third kappa shape index (κ3) is 3.39. The molecule has 0 N–H and O–H groups in total. The summed E-state index contributed by atoms with van der Waals surface area (Å²) in [7, 11) is -3.75. The van der Waals surface area contributed by atoms with E-state index < -0.39 is 21.4 Å². The first-order chi connectivity index (χ1) is 9.49. The van der Waals surface area contributed by atoms with Gasteiger partial charge in [0.15, 0.2) is 15.6 Å². The fourth-order valence-corrected chi connectivity index (χ4v) is 2.53. The topological polar surface area (TPSA) is 51.2 Å². The van der Waals surface area contributed by atoms with Gasteiger partial charge in [0.1, 0.15) is 5.82 Å². The Balaban J connectivity index is 2.22. The van der Waals surface area contributed by atoms with Gasteiger partial charge in [-0.05, 0) is 30.3 Å². The molecule has 0 aliphatic carbocycles. The molecule has 0 saturated heterocycles. The second-order valence-electron chi connectivity index (χ2n) is 4.03. The Morgan fingerprint density at radius 2 is 1.55 bits per heavy atom. The number of sulfone groups is 1. The number of halogens is 1. The number of allylic oxidation sites excluding steroid dienone is 1. The van der Waals surface area contributed by atoms with Gasteiger partial charge in [0.25, 0.3) is 0 Å². The molecule has 0 aromatic heterocycles. The molecule has 0 aliphatic rings. The van der Waals surface area contributed by atoms with Crippen molar-refractivity contribution < 1.29 is 17.6 Å². The molecule has 0 amide bonds. The molecule has 0 aliphatic heterocycles. The highest BCUT2D eigenvalue weighted by molar-refractivity contribution is 7.94. The number of hydrogen-bond donors (Lipinski definition) is 0. The van der Waals surface area contributed by atoms with Crippen LogP contribution in [0.25, 0.3) is 0 Å². The number of ketones is 1. The van der Waals surface area contributed by atoms with Crippen LogP contribution in [0, 0.1) is 5.82 Å². The van der Waals surface area contributed by atoms with E-state index in [-0.39, 0.29) is 4.90 Å². The first-order valence-electron chi connectivity index (χ1n) is 5.77. The molecular weight excluding hydrogens is 279 g/mol. The molecule has 0 fully saturated rings. The van der Waals surface area contributed by atoms with Crippen molar-refractivity contribution in [1.82, 2.24) is 0 Å². The van der Waals surface area contributed by atoms with Gasteiger partial charge in [-0.25, -0.2) is 12.8 Å². The van der Waals surface area contributed by atoms with Gasteiger partial charge in [-0.1, -0.05) is 30.3 Å². The summed E-state index contributed by atoms with van der Waals surface area (Å²) in [4.78, 5) is 11.7. The Labute approximate surface area is 116 Å². The molecule has 2 aromatic rings. The quantitative estimate of drug-likeness (QED) is 0.494. The van der Waals surface area contributed by atoms with Gasteiger partial charge in [0.2, 0.25) is 0 Å². The summed E-state index contributed by atoms with van der Waals surface area (Å²) in [6, 6.07) is 12.7. The second-order valence-corrected chi connectivity index (χ2v) is 5.87. The highest BCUT2D eigenvalue weighted by Crippen LogP contribution is 2.13. The van der Waals surface area contributed by atoms with Crippen LogP contribution in [0.3, 0.4) is 0 Å². The van der Waals surface area contributed by atoms with E-state index in [0.717, 1.165) is 35.7 Å². The molecule has 3 nitrogen and oxygen atoms in total. The number of carbonyl (C=O) groups excluding carboxylic acids is 1. The minimum Gasteiger partial charge on any atom is -0.289 e.